The van der Waals surface area contributed by atoms with Gasteiger partial charge >= 0.3 is 0 Å². The van der Waals surface area contributed by atoms with Gasteiger partial charge < -0.3 is 14.4 Å². The molecule has 4 aromatic carbocycles. The second-order valence-corrected chi connectivity index (χ2v) is 9.71. The molecule has 7 rings (SSSR count). The number of furan rings is 1. The quantitative estimate of drug-likeness (QED) is 0.171. The van der Waals surface area contributed by atoms with Crippen molar-refractivity contribution in [1.29, 1.82) is 5.26 Å². The molecule has 0 atom stereocenters. The molecule has 0 bridgehead atoms. The molecule has 0 saturated carbocycles. The fourth-order valence-corrected chi connectivity index (χ4v) is 4.76. The third kappa shape index (κ3) is 5.78. The van der Waals surface area contributed by atoms with Crippen LogP contribution in [-0.4, -0.2) is 9.97 Å². The molecule has 0 spiro atoms. The summed E-state index contributed by atoms with van der Waals surface area (Å²) >= 11 is 0. The van der Waals surface area contributed by atoms with Crippen LogP contribution in [0.3, 0.4) is 0 Å². The zero-order valence-corrected chi connectivity index (χ0v) is 25.4. The Kier molecular flexibility index (Phi) is 8.69. The summed E-state index contributed by atoms with van der Waals surface area (Å²) in [5, 5.41) is 11.6. The number of pyridine rings is 2. The molecule has 0 unspecified atom stereocenters. The Hall–Kier alpha value is -4.88. The Balaban J connectivity index is 0.000000200. The van der Waals surface area contributed by atoms with Crippen molar-refractivity contribution in [2.24, 2.45) is 0 Å². The number of hydrogen-bond acceptors (Lipinski definition) is 4. The van der Waals surface area contributed by atoms with Gasteiger partial charge in [0.15, 0.2) is 0 Å². The van der Waals surface area contributed by atoms with Gasteiger partial charge in [0.05, 0.1) is 17.2 Å². The molecule has 0 aliphatic carbocycles. The molecule has 3 aromatic heterocycles. The minimum atomic E-state index is 0. The molecule has 0 saturated heterocycles. The number of fused-ring (bicyclic) bond motifs is 3. The summed E-state index contributed by atoms with van der Waals surface area (Å²) in [6.07, 6.45) is 3.66. The van der Waals surface area contributed by atoms with Crippen molar-refractivity contribution >= 4 is 21.9 Å². The maximum atomic E-state index is 9.68. The van der Waals surface area contributed by atoms with Crippen LogP contribution in [0, 0.1) is 37.3 Å². The summed E-state index contributed by atoms with van der Waals surface area (Å²) in [6, 6.07) is 42.1. The first kappa shape index (κ1) is 28.6. The Morgan fingerprint density at radius 3 is 2.26 bits per heavy atom. The average molecular weight is 720 g/mol. The molecule has 0 fully saturated rings. The van der Waals surface area contributed by atoms with Gasteiger partial charge in [-0.3, -0.25) is 0 Å². The Morgan fingerprint density at radius 2 is 1.55 bits per heavy atom. The Morgan fingerprint density at radius 1 is 0.738 bits per heavy atom. The van der Waals surface area contributed by atoms with Gasteiger partial charge in [-0.2, -0.15) is 5.26 Å². The minimum Gasteiger partial charge on any atom is -0.501 e. The summed E-state index contributed by atoms with van der Waals surface area (Å²) in [4.78, 5) is 8.80. The van der Waals surface area contributed by atoms with Crippen LogP contribution >= 0.6 is 0 Å². The molecular weight excluding hydrogens is 695 g/mol. The molecule has 205 valence electrons. The first-order valence-corrected chi connectivity index (χ1v) is 13.3. The van der Waals surface area contributed by atoms with Crippen LogP contribution in [0.15, 0.2) is 120 Å². The van der Waals surface area contributed by atoms with Crippen molar-refractivity contribution in [2.75, 3.05) is 0 Å². The van der Waals surface area contributed by atoms with Crippen LogP contribution in [0.4, 0.5) is 0 Å². The molecule has 0 N–H and O–H groups in total. The van der Waals surface area contributed by atoms with Crippen LogP contribution in [0.5, 0.6) is 0 Å². The van der Waals surface area contributed by atoms with Crippen LogP contribution in [0.2, 0.25) is 0 Å². The second kappa shape index (κ2) is 12.7. The Bertz CT molecular complexity index is 2010. The third-order valence-corrected chi connectivity index (χ3v) is 7.06. The molecule has 3 heterocycles. The third-order valence-electron chi connectivity index (χ3n) is 7.06. The zero-order chi connectivity index (χ0) is 28.2. The SMILES string of the molecule is Cc1cnc(-c2[c-]cccc2)cc1C.N#Cc1cc2c(cc1-c1ccccc1)oc1c(-c3ccccn3)[c-]ccc12.[Ir]. The summed E-state index contributed by atoms with van der Waals surface area (Å²) in [6.45, 7) is 4.17. The molecule has 1 radical (unpaired) electrons. The van der Waals surface area contributed by atoms with Crippen molar-refractivity contribution in [3.8, 4) is 39.7 Å². The second-order valence-electron chi connectivity index (χ2n) is 9.71. The molecule has 0 amide bonds. The number of aryl methyl sites for hydroxylation is 2. The number of hydrogen-bond donors (Lipinski definition) is 0. The van der Waals surface area contributed by atoms with E-state index in [0.717, 1.165) is 55.6 Å². The molecule has 0 aliphatic heterocycles. The fourth-order valence-electron chi connectivity index (χ4n) is 4.76. The van der Waals surface area contributed by atoms with E-state index in [0.29, 0.717) is 5.56 Å². The zero-order valence-electron chi connectivity index (χ0n) is 23.1. The molecule has 5 heteroatoms. The number of nitrogens with zero attached hydrogens (tertiary/aromatic N) is 3. The number of nitriles is 1. The number of rotatable bonds is 3. The molecular formula is C37H25IrN3O-2. The van der Waals surface area contributed by atoms with E-state index in [9.17, 15) is 5.26 Å². The number of aromatic nitrogens is 2. The molecule has 0 aliphatic rings. The Labute approximate surface area is 258 Å². The van der Waals surface area contributed by atoms with Crippen molar-refractivity contribution in [2.45, 2.75) is 13.8 Å². The summed E-state index contributed by atoms with van der Waals surface area (Å²) in [7, 11) is 0. The van der Waals surface area contributed by atoms with Gasteiger partial charge in [0.2, 0.25) is 0 Å². The fraction of sp³-hybridized carbons (Fsp3) is 0.0541. The van der Waals surface area contributed by atoms with E-state index >= 15 is 0 Å². The van der Waals surface area contributed by atoms with Crippen molar-refractivity contribution in [3.63, 3.8) is 0 Å². The topological polar surface area (TPSA) is 62.7 Å². The maximum Gasteiger partial charge on any atom is 0.121 e. The van der Waals surface area contributed by atoms with Gasteiger partial charge in [0.25, 0.3) is 0 Å². The predicted molar refractivity (Wildman–Crippen MR) is 164 cm³/mol. The number of benzene rings is 4. The van der Waals surface area contributed by atoms with Crippen molar-refractivity contribution < 1.29 is 24.5 Å². The van der Waals surface area contributed by atoms with E-state index in [1.807, 2.05) is 103 Å². The largest absolute Gasteiger partial charge is 0.501 e. The monoisotopic (exact) mass is 720 g/mol. The summed E-state index contributed by atoms with van der Waals surface area (Å²) in [5.74, 6) is 0. The average Bonchev–Trinajstić information content (AvgIpc) is 3.41. The van der Waals surface area contributed by atoms with Gasteiger partial charge in [-0.05, 0) is 54.6 Å². The van der Waals surface area contributed by atoms with Crippen LogP contribution in [0.25, 0.3) is 55.6 Å². The van der Waals surface area contributed by atoms with E-state index in [1.54, 1.807) is 6.20 Å². The predicted octanol–water partition coefficient (Wildman–Crippen LogP) is 9.15. The van der Waals surface area contributed by atoms with E-state index in [-0.39, 0.29) is 20.1 Å². The molecule has 4 nitrogen and oxygen atoms in total. The van der Waals surface area contributed by atoms with E-state index < -0.39 is 0 Å². The standard InChI is InChI=1S/C24H13N2O.C13H12N.Ir/c25-15-17-13-21-18-9-6-10-19(22-11-4-5-12-26-22)24(18)27-23(21)14-20(17)16-7-2-1-3-8-16;1-10-8-13(14-9-11(10)2)12-6-4-3-5-7-12;/h1-9,11-14H;3-6,8-9H,1-2H3;/q2*-1;. The van der Waals surface area contributed by atoms with Gasteiger partial charge in [-0.15, -0.1) is 54.1 Å². The molecule has 42 heavy (non-hydrogen) atoms. The molecule has 7 aromatic rings. The van der Waals surface area contributed by atoms with Crippen molar-refractivity contribution in [3.05, 3.63) is 144 Å². The first-order chi connectivity index (χ1) is 20.1. The minimum absolute atomic E-state index is 0. The van der Waals surface area contributed by atoms with Crippen LogP contribution in [0.1, 0.15) is 16.7 Å². The van der Waals surface area contributed by atoms with E-state index in [1.165, 1.54) is 11.1 Å². The van der Waals surface area contributed by atoms with Crippen LogP contribution < -0.4 is 0 Å². The van der Waals surface area contributed by atoms with Gasteiger partial charge in [0, 0.05) is 43.4 Å². The normalized spacial score (nSPS) is 10.4. The first-order valence-electron chi connectivity index (χ1n) is 13.3. The summed E-state index contributed by atoms with van der Waals surface area (Å²) < 4.78 is 6.22. The van der Waals surface area contributed by atoms with Gasteiger partial charge in [0.1, 0.15) is 5.58 Å². The maximum absolute atomic E-state index is 9.68. The summed E-state index contributed by atoms with van der Waals surface area (Å²) in [5.41, 5.74) is 10.2. The van der Waals surface area contributed by atoms with Gasteiger partial charge in [-0.25, -0.2) is 0 Å². The van der Waals surface area contributed by atoms with Gasteiger partial charge in [-0.1, -0.05) is 65.0 Å². The van der Waals surface area contributed by atoms with E-state index in [2.05, 4.69) is 48.1 Å². The van der Waals surface area contributed by atoms with Crippen LogP contribution in [-0.2, 0) is 20.1 Å². The smallest absolute Gasteiger partial charge is 0.121 e. The van der Waals surface area contributed by atoms with Crippen molar-refractivity contribution in [1.82, 2.24) is 9.97 Å². The van der Waals surface area contributed by atoms with E-state index in [4.69, 9.17) is 4.42 Å².